The van der Waals surface area contributed by atoms with Gasteiger partial charge in [0.05, 0.1) is 14.2 Å². The van der Waals surface area contributed by atoms with Gasteiger partial charge in [-0.15, -0.1) is 0 Å². The highest BCUT2D eigenvalue weighted by molar-refractivity contribution is 5.95. The van der Waals surface area contributed by atoms with Crippen molar-refractivity contribution in [3.8, 4) is 11.5 Å². The van der Waals surface area contributed by atoms with Crippen LogP contribution in [0, 0.1) is 0 Å². The van der Waals surface area contributed by atoms with E-state index in [1.54, 1.807) is 13.2 Å². The number of rotatable bonds is 2. The molecule has 0 spiro atoms. The maximum Gasteiger partial charge on any atom is 0.342 e. The quantitative estimate of drug-likeness (QED) is 0.716. The monoisotopic (exact) mass is 222 g/mol. The maximum absolute atomic E-state index is 11.7. The largest absolute Gasteiger partial charge is 0.497 e. The van der Waals surface area contributed by atoms with Gasteiger partial charge in [-0.2, -0.15) is 0 Å². The first-order chi connectivity index (χ1) is 7.65. The summed E-state index contributed by atoms with van der Waals surface area (Å²) in [5, 5.41) is 0. The molecular formula is C12H14O4. The van der Waals surface area contributed by atoms with Gasteiger partial charge in [-0.1, -0.05) is 0 Å². The second-order valence-corrected chi connectivity index (χ2v) is 3.78. The minimum absolute atomic E-state index is 0.100. The van der Waals surface area contributed by atoms with Gasteiger partial charge in [0.2, 0.25) is 0 Å². The fourth-order valence-electron chi connectivity index (χ4n) is 1.91. The van der Waals surface area contributed by atoms with Gasteiger partial charge >= 0.3 is 5.97 Å². The molecule has 0 amide bonds. The number of hydrogen-bond acceptors (Lipinski definition) is 4. The van der Waals surface area contributed by atoms with Crippen molar-refractivity contribution in [1.29, 1.82) is 0 Å². The first kappa shape index (κ1) is 10.8. The Morgan fingerprint density at radius 3 is 2.69 bits per heavy atom. The van der Waals surface area contributed by atoms with Crippen LogP contribution in [0.2, 0.25) is 0 Å². The van der Waals surface area contributed by atoms with E-state index in [-0.39, 0.29) is 12.1 Å². The predicted molar refractivity (Wildman–Crippen MR) is 58.1 cm³/mol. The Balaban J connectivity index is 2.56. The van der Waals surface area contributed by atoms with Crippen molar-refractivity contribution in [2.24, 2.45) is 0 Å². The van der Waals surface area contributed by atoms with Gasteiger partial charge in [0, 0.05) is 12.5 Å². The lowest BCUT2D eigenvalue weighted by Crippen LogP contribution is -2.25. The highest BCUT2D eigenvalue weighted by Crippen LogP contribution is 2.33. The zero-order valence-corrected chi connectivity index (χ0v) is 9.57. The molecule has 0 saturated carbocycles. The van der Waals surface area contributed by atoms with Gasteiger partial charge in [-0.25, -0.2) is 4.79 Å². The van der Waals surface area contributed by atoms with Crippen LogP contribution < -0.4 is 9.47 Å². The molecule has 1 atom stereocenters. The van der Waals surface area contributed by atoms with Crippen molar-refractivity contribution in [1.82, 2.24) is 0 Å². The van der Waals surface area contributed by atoms with Crippen LogP contribution >= 0.6 is 0 Å². The minimum Gasteiger partial charge on any atom is -0.497 e. The summed E-state index contributed by atoms with van der Waals surface area (Å²) in [5.74, 6) is 0.872. The molecule has 1 aliphatic heterocycles. The third-order valence-corrected chi connectivity index (χ3v) is 2.63. The van der Waals surface area contributed by atoms with Crippen LogP contribution in [0.25, 0.3) is 0 Å². The van der Waals surface area contributed by atoms with Crippen LogP contribution in [-0.4, -0.2) is 26.3 Å². The summed E-state index contributed by atoms with van der Waals surface area (Å²) in [4.78, 5) is 11.7. The first-order valence-corrected chi connectivity index (χ1v) is 5.11. The Kier molecular flexibility index (Phi) is 2.73. The van der Waals surface area contributed by atoms with Crippen LogP contribution in [0.5, 0.6) is 11.5 Å². The lowest BCUT2D eigenvalue weighted by molar-refractivity contribution is 0.0296. The van der Waals surface area contributed by atoms with E-state index in [1.807, 2.05) is 13.0 Å². The molecule has 0 saturated heterocycles. The number of esters is 1. The van der Waals surface area contributed by atoms with E-state index in [4.69, 9.17) is 14.2 Å². The van der Waals surface area contributed by atoms with Gasteiger partial charge < -0.3 is 14.2 Å². The van der Waals surface area contributed by atoms with E-state index in [9.17, 15) is 4.79 Å². The number of carbonyl (C=O) groups excluding carboxylic acids is 1. The van der Waals surface area contributed by atoms with Gasteiger partial charge in [0.15, 0.2) is 0 Å². The van der Waals surface area contributed by atoms with Crippen LogP contribution in [0.3, 0.4) is 0 Å². The van der Waals surface area contributed by atoms with Crippen molar-refractivity contribution in [2.45, 2.75) is 19.4 Å². The Morgan fingerprint density at radius 2 is 2.06 bits per heavy atom. The Labute approximate surface area is 94.1 Å². The molecule has 0 radical (unpaired) electrons. The number of methoxy groups -OCH3 is 2. The van der Waals surface area contributed by atoms with Crippen molar-refractivity contribution in [3.63, 3.8) is 0 Å². The molecule has 4 nitrogen and oxygen atoms in total. The first-order valence-electron chi connectivity index (χ1n) is 5.11. The number of fused-ring (bicyclic) bond motifs is 1. The number of benzene rings is 1. The fourth-order valence-corrected chi connectivity index (χ4v) is 1.91. The standard InChI is InChI=1S/C12H14O4/c1-7-4-8-5-9(14-2)6-10(15-3)11(8)12(13)16-7/h5-7H,4H2,1-3H3. The molecular weight excluding hydrogens is 208 g/mol. The molecule has 0 aromatic heterocycles. The highest BCUT2D eigenvalue weighted by atomic mass is 16.5. The molecule has 0 N–H and O–H groups in total. The van der Waals surface area contributed by atoms with Crippen molar-refractivity contribution in [3.05, 3.63) is 23.3 Å². The molecule has 0 bridgehead atoms. The van der Waals surface area contributed by atoms with Gasteiger partial charge in [-0.3, -0.25) is 0 Å². The van der Waals surface area contributed by atoms with E-state index in [1.165, 1.54) is 7.11 Å². The predicted octanol–water partition coefficient (Wildman–Crippen LogP) is 1.81. The van der Waals surface area contributed by atoms with Crippen molar-refractivity contribution >= 4 is 5.97 Å². The number of ether oxygens (including phenoxy) is 3. The summed E-state index contributed by atoms with van der Waals surface area (Å²) >= 11 is 0. The summed E-state index contributed by atoms with van der Waals surface area (Å²) < 4.78 is 15.5. The molecule has 86 valence electrons. The summed E-state index contributed by atoms with van der Waals surface area (Å²) in [6.07, 6.45) is 0.589. The smallest absolute Gasteiger partial charge is 0.342 e. The lowest BCUT2D eigenvalue weighted by Gasteiger charge is -2.23. The van der Waals surface area contributed by atoms with Gasteiger partial charge in [0.25, 0.3) is 0 Å². The van der Waals surface area contributed by atoms with Gasteiger partial charge in [-0.05, 0) is 18.6 Å². The highest BCUT2D eigenvalue weighted by Gasteiger charge is 2.27. The third-order valence-electron chi connectivity index (χ3n) is 2.63. The second kappa shape index (κ2) is 4.04. The summed E-state index contributed by atoms with van der Waals surface area (Å²) in [5.41, 5.74) is 1.43. The Morgan fingerprint density at radius 1 is 1.31 bits per heavy atom. The molecule has 0 fully saturated rings. The van der Waals surface area contributed by atoms with E-state index < -0.39 is 0 Å². The molecule has 0 aliphatic carbocycles. The molecule has 1 aromatic rings. The van der Waals surface area contributed by atoms with Crippen LogP contribution in [-0.2, 0) is 11.2 Å². The number of carbonyl (C=O) groups is 1. The molecule has 1 heterocycles. The number of cyclic esters (lactones) is 1. The van der Waals surface area contributed by atoms with Crippen LogP contribution in [0.15, 0.2) is 12.1 Å². The lowest BCUT2D eigenvalue weighted by atomic mass is 9.98. The molecule has 1 aromatic carbocycles. The van der Waals surface area contributed by atoms with E-state index in [0.29, 0.717) is 23.5 Å². The average Bonchev–Trinajstić information content (AvgIpc) is 2.26. The molecule has 1 unspecified atom stereocenters. The molecule has 16 heavy (non-hydrogen) atoms. The fraction of sp³-hybridized carbons (Fsp3) is 0.417. The maximum atomic E-state index is 11.7. The van der Waals surface area contributed by atoms with Crippen LogP contribution in [0.4, 0.5) is 0 Å². The van der Waals surface area contributed by atoms with E-state index in [0.717, 1.165) is 5.56 Å². The van der Waals surface area contributed by atoms with Gasteiger partial charge in [0.1, 0.15) is 23.2 Å². The summed E-state index contributed by atoms with van der Waals surface area (Å²) in [7, 11) is 3.12. The average molecular weight is 222 g/mol. The van der Waals surface area contributed by atoms with Crippen molar-refractivity contribution in [2.75, 3.05) is 14.2 Å². The third kappa shape index (κ3) is 1.71. The topological polar surface area (TPSA) is 44.8 Å². The second-order valence-electron chi connectivity index (χ2n) is 3.78. The SMILES string of the molecule is COc1cc2c(c(OC)c1)C(=O)OC(C)C2. The minimum atomic E-state index is -0.326. The Hall–Kier alpha value is -1.71. The molecule has 2 rings (SSSR count). The summed E-state index contributed by atoms with van der Waals surface area (Å²) in [6, 6.07) is 3.55. The molecule has 1 aliphatic rings. The zero-order chi connectivity index (χ0) is 11.7. The van der Waals surface area contributed by atoms with E-state index in [2.05, 4.69) is 0 Å². The normalized spacial score (nSPS) is 18.7. The Bertz CT molecular complexity index is 425. The number of hydrogen-bond donors (Lipinski definition) is 0. The zero-order valence-electron chi connectivity index (χ0n) is 9.57. The molecule has 4 heteroatoms. The van der Waals surface area contributed by atoms with E-state index >= 15 is 0 Å². The van der Waals surface area contributed by atoms with Crippen molar-refractivity contribution < 1.29 is 19.0 Å². The summed E-state index contributed by atoms with van der Waals surface area (Å²) in [6.45, 7) is 1.87. The van der Waals surface area contributed by atoms with Crippen LogP contribution in [0.1, 0.15) is 22.8 Å².